The molecule has 0 aromatic heterocycles. The minimum atomic E-state index is 0.516. The molecule has 0 aliphatic heterocycles. The molecule has 0 bridgehead atoms. The molecule has 0 aromatic rings. The topological polar surface area (TPSA) is 12.0 Å². The molecule has 19 heavy (non-hydrogen) atoms. The summed E-state index contributed by atoms with van der Waals surface area (Å²) in [6.07, 6.45) is 13.8. The van der Waals surface area contributed by atoms with Gasteiger partial charge in [0.15, 0.2) is 0 Å². The van der Waals surface area contributed by atoms with Crippen LogP contribution in [0.2, 0.25) is 0 Å². The molecule has 0 spiro atoms. The summed E-state index contributed by atoms with van der Waals surface area (Å²) in [6.45, 7) is 9.44. The second-order valence-corrected chi connectivity index (χ2v) is 7.46. The van der Waals surface area contributed by atoms with Crippen molar-refractivity contribution in [2.75, 3.05) is 13.1 Å². The third-order valence-electron chi connectivity index (χ3n) is 5.22. The summed E-state index contributed by atoms with van der Waals surface area (Å²) in [6, 6.07) is 0. The number of hydrogen-bond donors (Lipinski definition) is 1. The van der Waals surface area contributed by atoms with Crippen LogP contribution < -0.4 is 5.32 Å². The summed E-state index contributed by atoms with van der Waals surface area (Å²) < 4.78 is 0. The highest BCUT2D eigenvalue weighted by molar-refractivity contribution is 5.18. The van der Waals surface area contributed by atoms with Gasteiger partial charge in [0.1, 0.15) is 0 Å². The molecule has 110 valence electrons. The van der Waals surface area contributed by atoms with Crippen LogP contribution in [0.1, 0.15) is 72.1 Å². The highest BCUT2D eigenvalue weighted by atomic mass is 14.9. The number of allylic oxidation sites excluding steroid dienone is 1. The molecular weight excluding hydrogens is 230 g/mol. The molecule has 0 amide bonds. The fraction of sp³-hybridized carbons (Fsp3) is 0.889. The fourth-order valence-corrected chi connectivity index (χ4v) is 3.85. The standard InChI is InChI=1S/C18H33N/c1-15(2)13-19-14-18(11-9-16(3)10-12-18)17-7-5-4-6-8-17/h7,15-16,19H,4-6,8-14H2,1-3H3. The van der Waals surface area contributed by atoms with Crippen molar-refractivity contribution in [3.8, 4) is 0 Å². The lowest BCUT2D eigenvalue weighted by Gasteiger charge is -2.43. The Labute approximate surface area is 120 Å². The number of nitrogens with one attached hydrogen (secondary N) is 1. The Balaban J connectivity index is 2.02. The van der Waals surface area contributed by atoms with Crippen LogP contribution in [0, 0.1) is 17.3 Å². The molecule has 1 heteroatoms. The van der Waals surface area contributed by atoms with Crippen LogP contribution in [0.15, 0.2) is 11.6 Å². The van der Waals surface area contributed by atoms with E-state index in [1.807, 2.05) is 5.57 Å². The first-order valence-corrected chi connectivity index (χ1v) is 8.53. The quantitative estimate of drug-likeness (QED) is 0.694. The van der Waals surface area contributed by atoms with E-state index in [2.05, 4.69) is 32.2 Å². The van der Waals surface area contributed by atoms with Crippen molar-refractivity contribution in [3.05, 3.63) is 11.6 Å². The summed E-state index contributed by atoms with van der Waals surface area (Å²) >= 11 is 0. The molecule has 2 aliphatic carbocycles. The van der Waals surface area contributed by atoms with Gasteiger partial charge < -0.3 is 5.32 Å². The average Bonchev–Trinajstić information content (AvgIpc) is 2.42. The van der Waals surface area contributed by atoms with Gasteiger partial charge in [0.2, 0.25) is 0 Å². The van der Waals surface area contributed by atoms with E-state index in [4.69, 9.17) is 0 Å². The minimum absolute atomic E-state index is 0.516. The summed E-state index contributed by atoms with van der Waals surface area (Å²) in [5, 5.41) is 3.77. The second-order valence-electron chi connectivity index (χ2n) is 7.46. The smallest absolute Gasteiger partial charge is 0.00453 e. The molecule has 0 heterocycles. The summed E-state index contributed by atoms with van der Waals surface area (Å²) in [5.74, 6) is 1.71. The highest BCUT2D eigenvalue weighted by Gasteiger charge is 2.37. The van der Waals surface area contributed by atoms with E-state index in [1.54, 1.807) is 0 Å². The molecule has 0 atom stereocenters. The van der Waals surface area contributed by atoms with Crippen LogP contribution in [-0.2, 0) is 0 Å². The first-order chi connectivity index (χ1) is 9.12. The molecule has 0 saturated heterocycles. The van der Waals surface area contributed by atoms with Crippen LogP contribution in [-0.4, -0.2) is 13.1 Å². The number of hydrogen-bond acceptors (Lipinski definition) is 1. The van der Waals surface area contributed by atoms with Crippen LogP contribution in [0.25, 0.3) is 0 Å². The van der Waals surface area contributed by atoms with Crippen molar-refractivity contribution in [1.82, 2.24) is 5.32 Å². The molecule has 2 aliphatic rings. The van der Waals surface area contributed by atoms with Gasteiger partial charge >= 0.3 is 0 Å². The minimum Gasteiger partial charge on any atom is -0.316 e. The van der Waals surface area contributed by atoms with Crippen molar-refractivity contribution in [2.45, 2.75) is 72.1 Å². The third-order valence-corrected chi connectivity index (χ3v) is 5.22. The SMILES string of the molecule is CC(C)CNCC1(C2=CCCCC2)CCC(C)CC1. The average molecular weight is 263 g/mol. The molecule has 0 aromatic carbocycles. The normalized spacial score (nSPS) is 32.4. The predicted molar refractivity (Wildman–Crippen MR) is 84.3 cm³/mol. The molecule has 0 unspecified atom stereocenters. The maximum absolute atomic E-state index is 3.77. The van der Waals surface area contributed by atoms with Gasteiger partial charge in [-0.15, -0.1) is 0 Å². The first-order valence-electron chi connectivity index (χ1n) is 8.53. The zero-order valence-corrected chi connectivity index (χ0v) is 13.3. The Morgan fingerprint density at radius 3 is 2.58 bits per heavy atom. The Morgan fingerprint density at radius 1 is 1.26 bits per heavy atom. The molecular formula is C18H33N. The van der Waals surface area contributed by atoms with Gasteiger partial charge in [-0.05, 0) is 69.7 Å². The fourth-order valence-electron chi connectivity index (χ4n) is 3.85. The van der Waals surface area contributed by atoms with Gasteiger partial charge in [0, 0.05) is 12.0 Å². The highest BCUT2D eigenvalue weighted by Crippen LogP contribution is 2.46. The molecule has 1 saturated carbocycles. The summed E-state index contributed by atoms with van der Waals surface area (Å²) in [4.78, 5) is 0. The van der Waals surface area contributed by atoms with Crippen molar-refractivity contribution in [2.24, 2.45) is 17.3 Å². The first kappa shape index (κ1) is 15.1. The van der Waals surface area contributed by atoms with Gasteiger partial charge in [-0.1, -0.05) is 32.4 Å². The summed E-state index contributed by atoms with van der Waals surface area (Å²) in [7, 11) is 0. The maximum Gasteiger partial charge on any atom is 0.00453 e. The Hall–Kier alpha value is -0.300. The zero-order valence-electron chi connectivity index (χ0n) is 13.3. The number of rotatable bonds is 5. The van der Waals surface area contributed by atoms with Crippen LogP contribution in [0.5, 0.6) is 0 Å². The van der Waals surface area contributed by atoms with E-state index in [-0.39, 0.29) is 0 Å². The Bertz CT molecular complexity index is 295. The van der Waals surface area contributed by atoms with Gasteiger partial charge in [-0.2, -0.15) is 0 Å². The van der Waals surface area contributed by atoms with Crippen molar-refractivity contribution >= 4 is 0 Å². The van der Waals surface area contributed by atoms with Gasteiger partial charge in [-0.25, -0.2) is 0 Å². The lowest BCUT2D eigenvalue weighted by atomic mass is 9.64. The Morgan fingerprint density at radius 2 is 2.00 bits per heavy atom. The molecule has 1 nitrogen and oxygen atoms in total. The third kappa shape index (κ3) is 4.08. The lowest BCUT2D eigenvalue weighted by Crippen LogP contribution is -2.40. The van der Waals surface area contributed by atoms with E-state index in [9.17, 15) is 0 Å². The summed E-state index contributed by atoms with van der Waals surface area (Å²) in [5.41, 5.74) is 2.32. The Kier molecular flexibility index (Phi) is 5.50. The van der Waals surface area contributed by atoms with Crippen LogP contribution >= 0.6 is 0 Å². The molecule has 0 radical (unpaired) electrons. The van der Waals surface area contributed by atoms with E-state index in [0.717, 1.165) is 11.8 Å². The van der Waals surface area contributed by atoms with Crippen molar-refractivity contribution < 1.29 is 0 Å². The van der Waals surface area contributed by atoms with Crippen LogP contribution in [0.3, 0.4) is 0 Å². The van der Waals surface area contributed by atoms with E-state index < -0.39 is 0 Å². The van der Waals surface area contributed by atoms with Gasteiger partial charge in [0.05, 0.1) is 0 Å². The monoisotopic (exact) mass is 263 g/mol. The predicted octanol–water partition coefficient (Wildman–Crippen LogP) is 4.93. The van der Waals surface area contributed by atoms with Gasteiger partial charge in [0.25, 0.3) is 0 Å². The molecule has 2 rings (SSSR count). The van der Waals surface area contributed by atoms with Crippen molar-refractivity contribution in [3.63, 3.8) is 0 Å². The lowest BCUT2D eigenvalue weighted by molar-refractivity contribution is 0.182. The molecule has 1 N–H and O–H groups in total. The molecule has 1 fully saturated rings. The van der Waals surface area contributed by atoms with Crippen molar-refractivity contribution in [1.29, 1.82) is 0 Å². The second kappa shape index (κ2) is 6.92. The van der Waals surface area contributed by atoms with E-state index in [1.165, 1.54) is 64.5 Å². The maximum atomic E-state index is 3.77. The van der Waals surface area contributed by atoms with Crippen LogP contribution in [0.4, 0.5) is 0 Å². The zero-order chi connectivity index (χ0) is 13.7. The van der Waals surface area contributed by atoms with E-state index >= 15 is 0 Å². The van der Waals surface area contributed by atoms with Gasteiger partial charge in [-0.3, -0.25) is 0 Å². The largest absolute Gasteiger partial charge is 0.316 e. The van der Waals surface area contributed by atoms with E-state index in [0.29, 0.717) is 5.41 Å².